The second-order valence-electron chi connectivity index (χ2n) is 6.95. The lowest BCUT2D eigenvalue weighted by molar-refractivity contribution is -0.140. The molecule has 1 saturated heterocycles. The summed E-state index contributed by atoms with van der Waals surface area (Å²) in [6.07, 6.45) is 2.16. The molecule has 1 aliphatic heterocycles. The minimum atomic E-state index is -0.793. The Balaban J connectivity index is 1.84. The number of carbonyl (C=O) groups excluding carboxylic acids is 1. The number of amides is 1. The molecule has 6 nitrogen and oxygen atoms in total. The van der Waals surface area contributed by atoms with Crippen molar-refractivity contribution < 1.29 is 19.4 Å². The van der Waals surface area contributed by atoms with E-state index in [1.54, 1.807) is 7.11 Å². The molecule has 0 saturated carbocycles. The van der Waals surface area contributed by atoms with E-state index in [0.717, 1.165) is 30.7 Å². The summed E-state index contributed by atoms with van der Waals surface area (Å²) < 4.78 is 5.17. The number of aliphatic carboxylic acids is 1. The Labute approximate surface area is 155 Å². The Kier molecular flexibility index (Phi) is 7.45. The third kappa shape index (κ3) is 5.46. The van der Waals surface area contributed by atoms with Gasteiger partial charge in [0.05, 0.1) is 13.7 Å². The van der Waals surface area contributed by atoms with Crippen molar-refractivity contribution in [3.63, 3.8) is 0 Å². The van der Waals surface area contributed by atoms with Gasteiger partial charge in [-0.05, 0) is 43.0 Å². The maximum Gasteiger partial charge on any atom is 0.317 e. The van der Waals surface area contributed by atoms with Gasteiger partial charge in [0.1, 0.15) is 5.75 Å². The van der Waals surface area contributed by atoms with Crippen LogP contribution in [-0.2, 0) is 9.59 Å². The molecule has 1 atom stereocenters. The molecule has 1 N–H and O–H groups in total. The molecule has 1 unspecified atom stereocenters. The number of carbonyl (C=O) groups is 2. The van der Waals surface area contributed by atoms with Crippen LogP contribution < -0.4 is 4.74 Å². The SMILES string of the molecule is CCN(CC(=O)O)C1CCN(C(=O)CC(C)c2ccc(OC)cc2)CC1. The maximum atomic E-state index is 12.6. The fraction of sp³-hybridized carbons (Fsp3) is 0.600. The quantitative estimate of drug-likeness (QED) is 0.770. The number of nitrogens with zero attached hydrogens (tertiary/aromatic N) is 2. The summed E-state index contributed by atoms with van der Waals surface area (Å²) in [4.78, 5) is 27.5. The van der Waals surface area contributed by atoms with E-state index in [1.807, 2.05) is 41.0 Å². The number of benzene rings is 1. The van der Waals surface area contributed by atoms with E-state index in [9.17, 15) is 9.59 Å². The first-order chi connectivity index (χ1) is 12.4. The van der Waals surface area contributed by atoms with Gasteiger partial charge in [0.2, 0.25) is 5.91 Å². The molecule has 1 amide bonds. The summed E-state index contributed by atoms with van der Waals surface area (Å²) in [5.74, 6) is 0.355. The highest BCUT2D eigenvalue weighted by molar-refractivity contribution is 5.77. The zero-order chi connectivity index (χ0) is 19.1. The van der Waals surface area contributed by atoms with E-state index in [4.69, 9.17) is 9.84 Å². The van der Waals surface area contributed by atoms with Gasteiger partial charge in [0, 0.05) is 25.6 Å². The molecule has 1 aromatic rings. The van der Waals surface area contributed by atoms with Gasteiger partial charge in [-0.2, -0.15) is 0 Å². The van der Waals surface area contributed by atoms with Gasteiger partial charge in [-0.25, -0.2) is 0 Å². The Morgan fingerprint density at radius 1 is 1.27 bits per heavy atom. The van der Waals surface area contributed by atoms with E-state index in [1.165, 1.54) is 0 Å². The normalized spacial score (nSPS) is 16.5. The Morgan fingerprint density at radius 2 is 1.88 bits per heavy atom. The third-order valence-electron chi connectivity index (χ3n) is 5.24. The molecule has 1 aromatic carbocycles. The van der Waals surface area contributed by atoms with Gasteiger partial charge < -0.3 is 14.7 Å². The van der Waals surface area contributed by atoms with Gasteiger partial charge in [0.15, 0.2) is 0 Å². The number of hydrogen-bond acceptors (Lipinski definition) is 4. The van der Waals surface area contributed by atoms with Crippen molar-refractivity contribution in [2.24, 2.45) is 0 Å². The summed E-state index contributed by atoms with van der Waals surface area (Å²) in [5.41, 5.74) is 1.13. The number of methoxy groups -OCH3 is 1. The van der Waals surface area contributed by atoms with Crippen LogP contribution in [0.3, 0.4) is 0 Å². The minimum Gasteiger partial charge on any atom is -0.497 e. The zero-order valence-corrected chi connectivity index (χ0v) is 16.0. The van der Waals surface area contributed by atoms with Crippen molar-refractivity contribution in [2.45, 2.75) is 45.1 Å². The van der Waals surface area contributed by atoms with Gasteiger partial charge in [-0.1, -0.05) is 26.0 Å². The molecule has 0 spiro atoms. The Morgan fingerprint density at radius 3 is 2.38 bits per heavy atom. The molecule has 0 bridgehead atoms. The predicted octanol–water partition coefficient (Wildman–Crippen LogP) is 2.59. The van der Waals surface area contributed by atoms with Gasteiger partial charge >= 0.3 is 5.97 Å². The number of ether oxygens (including phenoxy) is 1. The zero-order valence-electron chi connectivity index (χ0n) is 16.0. The lowest BCUT2D eigenvalue weighted by atomic mass is 9.96. The van der Waals surface area contributed by atoms with Crippen LogP contribution in [0.2, 0.25) is 0 Å². The summed E-state index contributed by atoms with van der Waals surface area (Å²) >= 11 is 0. The molecule has 1 fully saturated rings. The lowest BCUT2D eigenvalue weighted by Gasteiger charge is -2.37. The van der Waals surface area contributed by atoms with Crippen molar-refractivity contribution in [3.05, 3.63) is 29.8 Å². The summed E-state index contributed by atoms with van der Waals surface area (Å²) in [5, 5.41) is 9.01. The number of likely N-dealkylation sites (N-methyl/N-ethyl adjacent to an activating group) is 1. The predicted molar refractivity (Wildman–Crippen MR) is 101 cm³/mol. The van der Waals surface area contributed by atoms with Crippen molar-refractivity contribution in [1.82, 2.24) is 9.80 Å². The van der Waals surface area contributed by atoms with Gasteiger partial charge in [-0.15, -0.1) is 0 Å². The van der Waals surface area contributed by atoms with Crippen LogP contribution >= 0.6 is 0 Å². The summed E-state index contributed by atoms with van der Waals surface area (Å²) in [7, 11) is 1.64. The van der Waals surface area contributed by atoms with Crippen molar-refractivity contribution in [2.75, 3.05) is 33.3 Å². The van der Waals surface area contributed by atoms with E-state index in [0.29, 0.717) is 19.5 Å². The summed E-state index contributed by atoms with van der Waals surface area (Å²) in [6, 6.07) is 8.11. The average Bonchev–Trinajstić information content (AvgIpc) is 2.66. The number of rotatable bonds is 8. The number of carboxylic acid groups (broad SMARTS) is 1. The minimum absolute atomic E-state index is 0.0730. The fourth-order valence-electron chi connectivity index (χ4n) is 3.59. The van der Waals surface area contributed by atoms with Crippen LogP contribution in [-0.4, -0.2) is 66.1 Å². The van der Waals surface area contributed by atoms with E-state index in [-0.39, 0.29) is 24.4 Å². The van der Waals surface area contributed by atoms with Crippen LogP contribution in [0, 0.1) is 0 Å². The smallest absolute Gasteiger partial charge is 0.317 e. The monoisotopic (exact) mass is 362 g/mol. The molecular weight excluding hydrogens is 332 g/mol. The number of hydrogen-bond donors (Lipinski definition) is 1. The van der Waals surface area contributed by atoms with Crippen molar-refractivity contribution in [1.29, 1.82) is 0 Å². The van der Waals surface area contributed by atoms with E-state index < -0.39 is 5.97 Å². The molecular formula is C20H30N2O4. The second-order valence-corrected chi connectivity index (χ2v) is 6.95. The molecule has 0 aromatic heterocycles. The van der Waals surface area contributed by atoms with Crippen LogP contribution in [0.15, 0.2) is 24.3 Å². The van der Waals surface area contributed by atoms with Crippen LogP contribution in [0.25, 0.3) is 0 Å². The molecule has 2 rings (SSSR count). The lowest BCUT2D eigenvalue weighted by Crippen LogP contribution is -2.48. The first kappa shape index (κ1) is 20.2. The topological polar surface area (TPSA) is 70.1 Å². The van der Waals surface area contributed by atoms with Crippen LogP contribution in [0.5, 0.6) is 5.75 Å². The van der Waals surface area contributed by atoms with Crippen LogP contribution in [0.1, 0.15) is 44.6 Å². The molecule has 0 radical (unpaired) electrons. The average molecular weight is 362 g/mol. The first-order valence-corrected chi connectivity index (χ1v) is 9.32. The Bertz CT molecular complexity index is 594. The maximum absolute atomic E-state index is 12.6. The fourth-order valence-corrected chi connectivity index (χ4v) is 3.59. The second kappa shape index (κ2) is 9.57. The molecule has 0 aliphatic carbocycles. The largest absolute Gasteiger partial charge is 0.497 e. The first-order valence-electron chi connectivity index (χ1n) is 9.32. The van der Waals surface area contributed by atoms with Gasteiger partial charge in [-0.3, -0.25) is 14.5 Å². The van der Waals surface area contributed by atoms with Crippen LogP contribution in [0.4, 0.5) is 0 Å². The summed E-state index contributed by atoms with van der Waals surface area (Å²) in [6.45, 7) is 6.25. The van der Waals surface area contributed by atoms with E-state index >= 15 is 0 Å². The molecule has 26 heavy (non-hydrogen) atoms. The molecule has 1 heterocycles. The van der Waals surface area contributed by atoms with Crippen molar-refractivity contribution >= 4 is 11.9 Å². The van der Waals surface area contributed by atoms with E-state index in [2.05, 4.69) is 6.92 Å². The highest BCUT2D eigenvalue weighted by Gasteiger charge is 2.27. The third-order valence-corrected chi connectivity index (χ3v) is 5.24. The molecule has 1 aliphatic rings. The number of piperidine rings is 1. The molecule has 6 heteroatoms. The van der Waals surface area contributed by atoms with Gasteiger partial charge in [0.25, 0.3) is 0 Å². The highest BCUT2D eigenvalue weighted by atomic mass is 16.5. The Hall–Kier alpha value is -2.08. The number of likely N-dealkylation sites (tertiary alicyclic amines) is 1. The highest BCUT2D eigenvalue weighted by Crippen LogP contribution is 2.24. The van der Waals surface area contributed by atoms with Crippen molar-refractivity contribution in [3.8, 4) is 5.75 Å². The standard InChI is InChI=1S/C20H30N2O4/c1-4-21(14-20(24)25)17-9-11-22(12-10-17)19(23)13-15(2)16-5-7-18(26-3)8-6-16/h5-8,15,17H,4,9-14H2,1-3H3,(H,24,25). The molecule has 144 valence electrons. The number of carboxylic acids is 1.